The van der Waals surface area contributed by atoms with Gasteiger partial charge in [0.1, 0.15) is 18.7 Å². The number of carbonyl (C=O) groups is 1. The molecule has 3 aromatic rings. The van der Waals surface area contributed by atoms with Crippen molar-refractivity contribution in [2.24, 2.45) is 0 Å². The highest BCUT2D eigenvalue weighted by Crippen LogP contribution is 2.31. The Hall–Kier alpha value is -3.33. The Morgan fingerprint density at radius 1 is 0.951 bits per heavy atom. The first-order valence-corrected chi connectivity index (χ1v) is 14.8. The molecule has 0 aliphatic carbocycles. The topological polar surface area (TPSA) is 71.0 Å². The summed E-state index contributed by atoms with van der Waals surface area (Å²) < 4.78 is 11.5. The number of benzene rings is 2. The van der Waals surface area contributed by atoms with Gasteiger partial charge in [-0.3, -0.25) is 9.69 Å². The van der Waals surface area contributed by atoms with Gasteiger partial charge in [0.05, 0.1) is 6.61 Å². The van der Waals surface area contributed by atoms with E-state index < -0.39 is 0 Å². The summed E-state index contributed by atoms with van der Waals surface area (Å²) in [5.41, 5.74) is 5.25. The van der Waals surface area contributed by atoms with E-state index in [0.717, 1.165) is 73.4 Å². The van der Waals surface area contributed by atoms with Crippen molar-refractivity contribution >= 4 is 11.6 Å². The van der Waals surface area contributed by atoms with Gasteiger partial charge >= 0.3 is 0 Å². The van der Waals surface area contributed by atoms with Crippen LogP contribution in [0.3, 0.4) is 0 Å². The Morgan fingerprint density at radius 3 is 2.49 bits per heavy atom. The van der Waals surface area contributed by atoms with E-state index in [2.05, 4.69) is 70.3 Å². The van der Waals surface area contributed by atoms with Crippen LogP contribution in [0.1, 0.15) is 49.7 Å². The molecule has 41 heavy (non-hydrogen) atoms. The molecule has 0 bridgehead atoms. The molecular weight excluding hydrogens is 514 g/mol. The smallest absolute Gasteiger partial charge is 0.252 e. The van der Waals surface area contributed by atoms with E-state index in [1.165, 1.54) is 18.4 Å². The third-order valence-corrected chi connectivity index (χ3v) is 7.46. The molecule has 0 unspecified atom stereocenters. The molecule has 0 N–H and O–H groups in total. The van der Waals surface area contributed by atoms with Crippen molar-refractivity contribution in [2.45, 2.75) is 51.6 Å². The second-order valence-electron chi connectivity index (χ2n) is 11.0. The average molecular weight is 560 g/mol. The summed E-state index contributed by atoms with van der Waals surface area (Å²) in [5, 5.41) is 0. The van der Waals surface area contributed by atoms with Crippen LogP contribution >= 0.6 is 0 Å². The number of hydrogen-bond acceptors (Lipinski definition) is 7. The van der Waals surface area contributed by atoms with Gasteiger partial charge in [-0.05, 0) is 69.2 Å². The van der Waals surface area contributed by atoms with Crippen molar-refractivity contribution in [1.82, 2.24) is 19.8 Å². The highest BCUT2D eigenvalue weighted by Gasteiger charge is 2.22. The maximum Gasteiger partial charge on any atom is 0.252 e. The van der Waals surface area contributed by atoms with E-state index in [1.807, 2.05) is 23.4 Å². The van der Waals surface area contributed by atoms with Gasteiger partial charge < -0.3 is 19.3 Å². The van der Waals surface area contributed by atoms with E-state index in [9.17, 15) is 4.79 Å². The van der Waals surface area contributed by atoms with Crippen LogP contribution in [0.4, 0.5) is 5.69 Å². The molecule has 0 radical (unpaired) electrons. The second-order valence-corrected chi connectivity index (χ2v) is 11.0. The highest BCUT2D eigenvalue weighted by atomic mass is 16.5. The van der Waals surface area contributed by atoms with E-state index in [-0.39, 0.29) is 12.5 Å². The summed E-state index contributed by atoms with van der Waals surface area (Å²) in [6.07, 6.45) is 11.8. The third kappa shape index (κ3) is 9.35. The number of fused-ring (bicyclic) bond motifs is 1. The van der Waals surface area contributed by atoms with Crippen molar-refractivity contribution in [3.63, 3.8) is 0 Å². The van der Waals surface area contributed by atoms with E-state index in [0.29, 0.717) is 19.7 Å². The van der Waals surface area contributed by atoms with Gasteiger partial charge in [-0.2, -0.15) is 0 Å². The molecule has 8 heteroatoms. The number of para-hydroxylation sites is 1. The zero-order valence-corrected chi connectivity index (χ0v) is 24.9. The largest absolute Gasteiger partial charge is 0.493 e. The Kier molecular flexibility index (Phi) is 12.1. The van der Waals surface area contributed by atoms with Crippen molar-refractivity contribution < 1.29 is 14.3 Å². The maximum atomic E-state index is 13.3. The molecule has 1 aliphatic rings. The zero-order chi connectivity index (χ0) is 28.9. The Bertz CT molecular complexity index is 1220. The fraction of sp³-hybridized carbons (Fsp3) is 0.485. The normalized spacial score (nSPS) is 15.2. The molecule has 1 aromatic heterocycles. The van der Waals surface area contributed by atoms with Crippen LogP contribution in [0.25, 0.3) is 11.1 Å². The number of methoxy groups -OCH3 is 1. The van der Waals surface area contributed by atoms with Crippen molar-refractivity contribution in [3.05, 3.63) is 72.3 Å². The first kappa shape index (κ1) is 30.6. The maximum absolute atomic E-state index is 13.3. The molecule has 1 amide bonds. The van der Waals surface area contributed by atoms with Gasteiger partial charge in [0, 0.05) is 62.5 Å². The number of carbonyl (C=O) groups excluding carboxylic acids is 1. The lowest BCUT2D eigenvalue weighted by molar-refractivity contribution is -0.122. The summed E-state index contributed by atoms with van der Waals surface area (Å²) in [6.45, 7) is 4.90. The lowest BCUT2D eigenvalue weighted by atomic mass is 10.0. The molecule has 1 aliphatic heterocycles. The number of ether oxygens (including phenoxy) is 2. The molecule has 0 saturated carbocycles. The van der Waals surface area contributed by atoms with Crippen LogP contribution in [-0.2, 0) is 22.6 Å². The van der Waals surface area contributed by atoms with Gasteiger partial charge in [-0.1, -0.05) is 43.5 Å². The fourth-order valence-corrected chi connectivity index (χ4v) is 5.35. The number of anilines is 1. The fourth-order valence-electron chi connectivity index (χ4n) is 5.35. The molecular formula is C33H45N5O3. The molecule has 0 saturated heterocycles. The number of hydrogen-bond donors (Lipinski definition) is 0. The lowest BCUT2D eigenvalue weighted by Gasteiger charge is -2.30. The molecule has 220 valence electrons. The number of amides is 1. The Morgan fingerprint density at radius 2 is 1.71 bits per heavy atom. The monoisotopic (exact) mass is 559 g/mol. The van der Waals surface area contributed by atoms with Crippen LogP contribution in [0, 0.1) is 0 Å². The minimum Gasteiger partial charge on any atom is -0.493 e. The van der Waals surface area contributed by atoms with Crippen LogP contribution in [0.2, 0.25) is 0 Å². The minimum absolute atomic E-state index is 0.00961. The quantitative estimate of drug-likeness (QED) is 0.307. The van der Waals surface area contributed by atoms with Gasteiger partial charge in [-0.15, -0.1) is 0 Å². The molecule has 0 spiro atoms. The Balaban J connectivity index is 1.66. The van der Waals surface area contributed by atoms with Gasteiger partial charge in [-0.25, -0.2) is 9.97 Å². The first-order valence-electron chi connectivity index (χ1n) is 14.8. The average Bonchev–Trinajstić information content (AvgIpc) is 2.97. The molecule has 8 nitrogen and oxygen atoms in total. The molecule has 4 rings (SSSR count). The molecule has 0 atom stereocenters. The van der Waals surface area contributed by atoms with Crippen molar-refractivity contribution in [2.75, 3.05) is 59.0 Å². The molecule has 2 aromatic carbocycles. The third-order valence-electron chi connectivity index (χ3n) is 7.46. The standard InChI is InChI=1S/C33H45N5O3/c1-36(2)16-11-19-41-32-13-8-7-12-28(32)23-37-17-9-5-4-6-10-18-38(33(39)25-40-3)31-15-14-27(20-29(31)24-37)30-21-34-26-35-22-30/h7-8,12-15,20-22,26H,4-6,9-11,16-19,23-25H2,1-3H3. The summed E-state index contributed by atoms with van der Waals surface area (Å²) >= 11 is 0. The minimum atomic E-state index is -0.00961. The van der Waals surface area contributed by atoms with Crippen LogP contribution in [0.15, 0.2) is 61.2 Å². The van der Waals surface area contributed by atoms with E-state index >= 15 is 0 Å². The van der Waals surface area contributed by atoms with Crippen molar-refractivity contribution in [3.8, 4) is 16.9 Å². The van der Waals surface area contributed by atoms with E-state index in [4.69, 9.17) is 9.47 Å². The summed E-state index contributed by atoms with van der Waals surface area (Å²) in [5.74, 6) is 0.939. The van der Waals surface area contributed by atoms with Crippen molar-refractivity contribution in [1.29, 1.82) is 0 Å². The van der Waals surface area contributed by atoms with Gasteiger partial charge in [0.15, 0.2) is 0 Å². The predicted octanol–water partition coefficient (Wildman–Crippen LogP) is 5.42. The first-order chi connectivity index (χ1) is 20.0. The zero-order valence-electron chi connectivity index (χ0n) is 24.9. The molecule has 2 heterocycles. The highest BCUT2D eigenvalue weighted by molar-refractivity contribution is 5.95. The van der Waals surface area contributed by atoms with Crippen LogP contribution in [-0.4, -0.2) is 79.7 Å². The Labute approximate surface area is 245 Å². The van der Waals surface area contributed by atoms with Gasteiger partial charge in [0.25, 0.3) is 5.91 Å². The number of rotatable bonds is 10. The molecule has 0 fully saturated rings. The SMILES string of the molecule is COCC(=O)N1CCCCCCCN(Cc2ccccc2OCCCN(C)C)Cc2cc(-c3cncnc3)ccc21. The van der Waals surface area contributed by atoms with Crippen LogP contribution < -0.4 is 9.64 Å². The van der Waals surface area contributed by atoms with E-state index in [1.54, 1.807) is 13.4 Å². The lowest BCUT2D eigenvalue weighted by Crippen LogP contribution is -2.36. The summed E-state index contributed by atoms with van der Waals surface area (Å²) in [4.78, 5) is 28.3. The number of aromatic nitrogens is 2. The van der Waals surface area contributed by atoms with Crippen LogP contribution in [0.5, 0.6) is 5.75 Å². The number of nitrogens with zero attached hydrogens (tertiary/aromatic N) is 5. The summed E-state index contributed by atoms with van der Waals surface area (Å²) in [7, 11) is 5.75. The van der Waals surface area contributed by atoms with Gasteiger partial charge in [0.2, 0.25) is 0 Å². The predicted molar refractivity (Wildman–Crippen MR) is 164 cm³/mol. The second kappa shape index (κ2) is 16.2. The summed E-state index contributed by atoms with van der Waals surface area (Å²) in [6, 6.07) is 14.7.